The predicted octanol–water partition coefficient (Wildman–Crippen LogP) is 4.90. The highest BCUT2D eigenvalue weighted by atomic mass is 35.5. The van der Waals surface area contributed by atoms with E-state index in [0.717, 1.165) is 28.2 Å². The van der Waals surface area contributed by atoms with Crippen LogP contribution in [-0.4, -0.2) is 19.0 Å². The fourth-order valence-corrected chi connectivity index (χ4v) is 7.09. The number of hydrogen-bond donors (Lipinski definition) is 0. The number of benzene rings is 3. The summed E-state index contributed by atoms with van der Waals surface area (Å²) in [5, 5.41) is 0.592. The van der Waals surface area contributed by atoms with E-state index in [0.29, 0.717) is 28.2 Å². The van der Waals surface area contributed by atoms with E-state index >= 15 is 0 Å². The van der Waals surface area contributed by atoms with Crippen LogP contribution in [0.15, 0.2) is 76.4 Å². The molecule has 158 valence electrons. The lowest BCUT2D eigenvalue weighted by molar-refractivity contribution is 0.584. The zero-order chi connectivity index (χ0) is 21.8. The Hall–Kier alpha value is -2.61. The summed E-state index contributed by atoms with van der Waals surface area (Å²) in [5.74, 6) is 0. The molecule has 8 heteroatoms. The van der Waals surface area contributed by atoms with Crippen molar-refractivity contribution in [3.8, 4) is 0 Å². The third kappa shape index (κ3) is 3.37. The molecule has 0 saturated carbocycles. The summed E-state index contributed by atoms with van der Waals surface area (Å²) in [6.45, 7) is 2.25. The van der Waals surface area contributed by atoms with Gasteiger partial charge in [-0.05, 0) is 54.8 Å². The average Bonchev–Trinajstić information content (AvgIpc) is 3.25. The summed E-state index contributed by atoms with van der Waals surface area (Å²) in [4.78, 5) is 12.7. The number of aromatic nitrogens is 1. The van der Waals surface area contributed by atoms with Gasteiger partial charge in [0.2, 0.25) is 0 Å². The highest BCUT2D eigenvalue weighted by Gasteiger charge is 2.36. The first kappa shape index (κ1) is 20.3. The van der Waals surface area contributed by atoms with Gasteiger partial charge in [-0.25, -0.2) is 8.42 Å². The van der Waals surface area contributed by atoms with Crippen molar-refractivity contribution in [1.82, 2.24) is 4.57 Å². The van der Waals surface area contributed by atoms with Gasteiger partial charge in [0.1, 0.15) is 0 Å². The normalized spacial score (nSPS) is 16.1. The van der Waals surface area contributed by atoms with Gasteiger partial charge in [0.15, 0.2) is 0 Å². The van der Waals surface area contributed by atoms with Gasteiger partial charge < -0.3 is 0 Å². The molecule has 31 heavy (non-hydrogen) atoms. The molecule has 5 rings (SSSR count). The number of rotatable bonds is 4. The molecule has 0 bridgehead atoms. The van der Waals surface area contributed by atoms with Crippen LogP contribution in [-0.2, 0) is 23.0 Å². The SMILES string of the molecule is CC1Cc2ccccc2N1S(=O)(=O)c1ccc2c(c1)sc(=O)n2Cc1ccccc1Cl. The van der Waals surface area contributed by atoms with Crippen LogP contribution in [0.25, 0.3) is 10.2 Å². The smallest absolute Gasteiger partial charge is 0.294 e. The summed E-state index contributed by atoms with van der Waals surface area (Å²) in [6.07, 6.45) is 0.680. The highest BCUT2D eigenvalue weighted by molar-refractivity contribution is 7.93. The van der Waals surface area contributed by atoms with Gasteiger partial charge in [-0.1, -0.05) is 59.3 Å². The first-order chi connectivity index (χ1) is 14.9. The Bertz CT molecular complexity index is 1470. The van der Waals surface area contributed by atoms with Crippen LogP contribution in [0.3, 0.4) is 0 Å². The maximum absolute atomic E-state index is 13.5. The molecule has 0 spiro atoms. The maximum atomic E-state index is 13.5. The molecule has 1 aliphatic heterocycles. The van der Waals surface area contributed by atoms with Crippen molar-refractivity contribution >= 4 is 48.9 Å². The summed E-state index contributed by atoms with van der Waals surface area (Å²) in [5.41, 5.74) is 3.28. The number of thiazole rings is 1. The van der Waals surface area contributed by atoms with Crippen molar-refractivity contribution in [2.75, 3.05) is 4.31 Å². The number of sulfonamides is 1. The number of nitrogens with zero attached hydrogens (tertiary/aromatic N) is 2. The van der Waals surface area contributed by atoms with Gasteiger partial charge >= 0.3 is 4.87 Å². The molecule has 0 saturated heterocycles. The first-order valence-corrected chi connectivity index (χ1v) is 12.5. The van der Waals surface area contributed by atoms with Crippen LogP contribution in [0.5, 0.6) is 0 Å². The third-order valence-electron chi connectivity index (χ3n) is 5.63. The highest BCUT2D eigenvalue weighted by Crippen LogP contribution is 2.37. The molecular formula is C23H19ClN2O3S2. The van der Waals surface area contributed by atoms with Gasteiger partial charge in [0.05, 0.1) is 27.3 Å². The lowest BCUT2D eigenvalue weighted by atomic mass is 10.1. The summed E-state index contributed by atoms with van der Waals surface area (Å²) in [7, 11) is -3.75. The van der Waals surface area contributed by atoms with Gasteiger partial charge in [-0.3, -0.25) is 13.7 Å². The van der Waals surface area contributed by atoms with E-state index in [2.05, 4.69) is 0 Å². The maximum Gasteiger partial charge on any atom is 0.308 e. The molecule has 1 aromatic heterocycles. The Balaban J connectivity index is 1.57. The molecule has 1 atom stereocenters. The largest absolute Gasteiger partial charge is 0.308 e. The van der Waals surface area contributed by atoms with Crippen LogP contribution in [0, 0.1) is 0 Å². The van der Waals surface area contributed by atoms with Crippen LogP contribution in [0.1, 0.15) is 18.1 Å². The quantitative estimate of drug-likeness (QED) is 0.426. The number of hydrogen-bond acceptors (Lipinski definition) is 4. The number of fused-ring (bicyclic) bond motifs is 2. The van der Waals surface area contributed by atoms with Crippen molar-refractivity contribution in [1.29, 1.82) is 0 Å². The van der Waals surface area contributed by atoms with Crippen molar-refractivity contribution in [3.05, 3.63) is 92.5 Å². The molecule has 0 aliphatic carbocycles. The molecule has 1 unspecified atom stereocenters. The minimum atomic E-state index is -3.75. The van der Waals surface area contributed by atoms with Gasteiger partial charge in [-0.2, -0.15) is 0 Å². The molecule has 0 amide bonds. The van der Waals surface area contributed by atoms with Crippen molar-refractivity contribution < 1.29 is 8.42 Å². The molecule has 3 aromatic carbocycles. The molecular weight excluding hydrogens is 452 g/mol. The fourth-order valence-electron chi connectivity index (χ4n) is 4.17. The molecule has 0 fully saturated rings. The molecule has 0 N–H and O–H groups in total. The second-order valence-electron chi connectivity index (χ2n) is 7.66. The zero-order valence-corrected chi connectivity index (χ0v) is 19.0. The third-order valence-corrected chi connectivity index (χ3v) is 8.86. The lowest BCUT2D eigenvalue weighted by Gasteiger charge is -2.24. The standard InChI is InChI=1S/C23H19ClN2O3S2/c1-15-12-16-6-3-5-9-20(16)26(15)31(28,29)18-10-11-21-22(13-18)30-23(27)25(21)14-17-7-2-4-8-19(17)24/h2-11,13,15H,12,14H2,1H3. The second kappa shape index (κ2) is 7.51. The Labute approximate surface area is 189 Å². The van der Waals surface area contributed by atoms with Gasteiger partial charge in [-0.15, -0.1) is 0 Å². The Morgan fingerprint density at radius 3 is 2.61 bits per heavy atom. The number of anilines is 1. The van der Waals surface area contributed by atoms with Gasteiger partial charge in [0, 0.05) is 11.1 Å². The summed E-state index contributed by atoms with van der Waals surface area (Å²) in [6, 6.07) is 19.7. The zero-order valence-electron chi connectivity index (χ0n) is 16.7. The van der Waals surface area contributed by atoms with Crippen LogP contribution < -0.4 is 9.18 Å². The topological polar surface area (TPSA) is 59.4 Å². The summed E-state index contributed by atoms with van der Waals surface area (Å²) < 4.78 is 30.8. The number of para-hydroxylation sites is 1. The Morgan fingerprint density at radius 2 is 1.81 bits per heavy atom. The van der Waals surface area contributed by atoms with E-state index in [-0.39, 0.29) is 15.8 Å². The minimum Gasteiger partial charge on any atom is -0.294 e. The molecule has 5 nitrogen and oxygen atoms in total. The van der Waals surface area contributed by atoms with Crippen molar-refractivity contribution in [3.63, 3.8) is 0 Å². The monoisotopic (exact) mass is 470 g/mol. The number of halogens is 1. The van der Waals surface area contributed by atoms with Crippen molar-refractivity contribution in [2.24, 2.45) is 0 Å². The summed E-state index contributed by atoms with van der Waals surface area (Å²) >= 11 is 7.30. The van der Waals surface area contributed by atoms with E-state index in [9.17, 15) is 13.2 Å². The average molecular weight is 471 g/mol. The van der Waals surface area contributed by atoms with E-state index in [1.54, 1.807) is 28.8 Å². The second-order valence-corrected chi connectivity index (χ2v) is 10.9. The Morgan fingerprint density at radius 1 is 1.06 bits per heavy atom. The van der Waals surface area contributed by atoms with E-state index < -0.39 is 10.0 Å². The molecule has 4 aromatic rings. The first-order valence-electron chi connectivity index (χ1n) is 9.85. The molecule has 1 aliphatic rings. The van der Waals surface area contributed by atoms with Crippen LogP contribution in [0.4, 0.5) is 5.69 Å². The van der Waals surface area contributed by atoms with E-state index in [1.165, 1.54) is 4.31 Å². The van der Waals surface area contributed by atoms with Crippen molar-refractivity contribution in [2.45, 2.75) is 30.8 Å². The van der Waals surface area contributed by atoms with Gasteiger partial charge in [0.25, 0.3) is 10.0 Å². The Kier molecular flexibility index (Phi) is 4.92. The predicted molar refractivity (Wildman–Crippen MR) is 126 cm³/mol. The van der Waals surface area contributed by atoms with Crippen LogP contribution in [0.2, 0.25) is 5.02 Å². The van der Waals surface area contributed by atoms with E-state index in [1.807, 2.05) is 49.4 Å². The minimum absolute atomic E-state index is 0.149. The fraction of sp³-hybridized carbons (Fsp3) is 0.174. The van der Waals surface area contributed by atoms with Crippen LogP contribution >= 0.6 is 22.9 Å². The van der Waals surface area contributed by atoms with E-state index in [4.69, 9.17) is 11.6 Å². The lowest BCUT2D eigenvalue weighted by Crippen LogP contribution is -2.35. The molecule has 2 heterocycles. The molecule has 0 radical (unpaired) electrons.